The van der Waals surface area contributed by atoms with Crippen molar-refractivity contribution in [1.29, 1.82) is 0 Å². The van der Waals surface area contributed by atoms with E-state index >= 15 is 0 Å². The summed E-state index contributed by atoms with van der Waals surface area (Å²) in [4.78, 5) is 9.05. The van der Waals surface area contributed by atoms with Gasteiger partial charge in [-0.1, -0.05) is 24.3 Å². The lowest BCUT2D eigenvalue weighted by Gasteiger charge is -2.17. The van der Waals surface area contributed by atoms with Gasteiger partial charge in [-0.15, -0.1) is 0 Å². The number of para-hydroxylation sites is 2. The van der Waals surface area contributed by atoms with E-state index in [0.29, 0.717) is 27.9 Å². The largest absolute Gasteiger partial charge is 0.378 e. The van der Waals surface area contributed by atoms with Gasteiger partial charge in [-0.25, -0.2) is 8.78 Å². The van der Waals surface area contributed by atoms with E-state index < -0.39 is 0 Å². The molecule has 3 nitrogen and oxygen atoms in total. The number of aliphatic imine (C=N–C) groups is 1. The van der Waals surface area contributed by atoms with E-state index in [1.54, 1.807) is 18.3 Å². The molecule has 1 aliphatic rings. The van der Waals surface area contributed by atoms with Crippen molar-refractivity contribution in [2.24, 2.45) is 4.99 Å². The van der Waals surface area contributed by atoms with Crippen LogP contribution in [-0.2, 0) is 0 Å². The predicted octanol–water partition coefficient (Wildman–Crippen LogP) is 4.55. The van der Waals surface area contributed by atoms with Crippen LogP contribution in [0.1, 0.15) is 25.0 Å². The van der Waals surface area contributed by atoms with Gasteiger partial charge in [0, 0.05) is 28.8 Å². The first-order valence-electron chi connectivity index (χ1n) is 8.22. The average molecular weight is 337 g/mol. The van der Waals surface area contributed by atoms with Gasteiger partial charge >= 0.3 is 0 Å². The summed E-state index contributed by atoms with van der Waals surface area (Å²) in [5.41, 5.74) is 2.86. The van der Waals surface area contributed by atoms with Gasteiger partial charge in [0.25, 0.3) is 0 Å². The van der Waals surface area contributed by atoms with Crippen molar-refractivity contribution >= 4 is 22.3 Å². The molecule has 1 aliphatic heterocycles. The van der Waals surface area contributed by atoms with E-state index in [-0.39, 0.29) is 23.7 Å². The summed E-state index contributed by atoms with van der Waals surface area (Å²) in [5, 5.41) is 3.91. The first-order chi connectivity index (χ1) is 12.0. The van der Waals surface area contributed by atoms with E-state index in [1.807, 2.05) is 32.0 Å². The third-order valence-electron chi connectivity index (χ3n) is 4.63. The maximum Gasteiger partial charge on any atom is 0.149 e. The second-order valence-corrected chi connectivity index (χ2v) is 6.35. The fourth-order valence-corrected chi connectivity index (χ4v) is 3.08. The summed E-state index contributed by atoms with van der Waals surface area (Å²) in [7, 11) is 0. The second kappa shape index (κ2) is 5.92. The van der Waals surface area contributed by atoms with Crippen LogP contribution in [0.3, 0.4) is 0 Å². The zero-order chi connectivity index (χ0) is 17.6. The number of hydrogen-bond donors (Lipinski definition) is 1. The van der Waals surface area contributed by atoms with Crippen LogP contribution in [0.4, 0.5) is 14.5 Å². The standard InChI is InChI=1S/C20H17F2N3/c1-11-12(2)25-20-15(6-4-8-17(20)22)18(24-11)14-9-13-5-3-7-16(21)19(13)23-10-14/h3-12,25H,1-2H3/t11-,12+/m0/s1. The minimum Gasteiger partial charge on any atom is -0.378 e. The van der Waals surface area contributed by atoms with E-state index in [4.69, 9.17) is 4.99 Å². The van der Waals surface area contributed by atoms with Gasteiger partial charge in [0.05, 0.1) is 17.4 Å². The van der Waals surface area contributed by atoms with Crippen molar-refractivity contribution in [2.45, 2.75) is 25.9 Å². The van der Waals surface area contributed by atoms with Gasteiger partial charge in [-0.2, -0.15) is 0 Å². The van der Waals surface area contributed by atoms with Gasteiger partial charge in [-0.05, 0) is 32.0 Å². The molecule has 0 radical (unpaired) electrons. The second-order valence-electron chi connectivity index (χ2n) is 6.35. The molecule has 0 unspecified atom stereocenters. The summed E-state index contributed by atoms with van der Waals surface area (Å²) < 4.78 is 28.2. The lowest BCUT2D eigenvalue weighted by Crippen LogP contribution is -2.26. The molecule has 0 spiro atoms. The SMILES string of the molecule is C[C@@H]1N=C(c2cnc3c(F)cccc3c2)c2cccc(F)c2N[C@@H]1C. The molecule has 5 heteroatoms. The number of benzodiazepines with no additional fused rings is 1. The topological polar surface area (TPSA) is 37.3 Å². The highest BCUT2D eigenvalue weighted by molar-refractivity contribution is 6.17. The van der Waals surface area contributed by atoms with Crippen LogP contribution in [-0.4, -0.2) is 22.8 Å². The van der Waals surface area contributed by atoms with Crippen molar-refractivity contribution in [1.82, 2.24) is 4.98 Å². The van der Waals surface area contributed by atoms with Crippen LogP contribution in [0.5, 0.6) is 0 Å². The highest BCUT2D eigenvalue weighted by Crippen LogP contribution is 2.29. The maximum atomic E-state index is 14.4. The number of rotatable bonds is 1. The molecular formula is C20H17F2N3. The summed E-state index contributed by atoms with van der Waals surface area (Å²) in [6.07, 6.45) is 1.60. The zero-order valence-electron chi connectivity index (χ0n) is 13.9. The highest BCUT2D eigenvalue weighted by Gasteiger charge is 2.24. The van der Waals surface area contributed by atoms with Crippen LogP contribution in [0.15, 0.2) is 53.7 Å². The smallest absolute Gasteiger partial charge is 0.149 e. The Morgan fingerprint density at radius 3 is 2.60 bits per heavy atom. The molecule has 0 saturated heterocycles. The highest BCUT2D eigenvalue weighted by atomic mass is 19.1. The van der Waals surface area contributed by atoms with Gasteiger partial charge in [0.15, 0.2) is 0 Å². The summed E-state index contributed by atoms with van der Waals surface area (Å²) in [6.45, 7) is 3.96. The summed E-state index contributed by atoms with van der Waals surface area (Å²) in [6, 6.07) is 11.6. The Bertz CT molecular complexity index is 997. The number of nitrogens with one attached hydrogen (secondary N) is 1. The third-order valence-corrected chi connectivity index (χ3v) is 4.63. The third kappa shape index (κ3) is 2.65. The number of benzene rings is 2. The van der Waals surface area contributed by atoms with Crippen LogP contribution in [0, 0.1) is 11.6 Å². The number of aromatic nitrogens is 1. The fourth-order valence-electron chi connectivity index (χ4n) is 3.08. The van der Waals surface area contributed by atoms with Gasteiger partial charge < -0.3 is 5.32 Å². The van der Waals surface area contributed by atoms with Crippen molar-refractivity contribution in [3.05, 3.63) is 71.4 Å². The molecule has 126 valence electrons. The molecule has 2 heterocycles. The van der Waals surface area contributed by atoms with Crippen molar-refractivity contribution in [2.75, 3.05) is 5.32 Å². The molecule has 0 bridgehead atoms. The Morgan fingerprint density at radius 1 is 1.00 bits per heavy atom. The number of pyridine rings is 1. The van der Waals surface area contributed by atoms with Crippen molar-refractivity contribution in [3.8, 4) is 0 Å². The summed E-state index contributed by atoms with van der Waals surface area (Å²) in [5.74, 6) is -0.673. The Hall–Kier alpha value is -2.82. The molecule has 3 aromatic rings. The lowest BCUT2D eigenvalue weighted by molar-refractivity contribution is 0.612. The first kappa shape index (κ1) is 15.7. The Kier molecular flexibility index (Phi) is 3.71. The Balaban J connectivity index is 1.94. The molecule has 2 atom stereocenters. The monoisotopic (exact) mass is 337 g/mol. The van der Waals surface area contributed by atoms with Crippen LogP contribution in [0.2, 0.25) is 0 Å². The molecule has 1 N–H and O–H groups in total. The molecule has 25 heavy (non-hydrogen) atoms. The van der Waals surface area contributed by atoms with Crippen LogP contribution in [0.25, 0.3) is 10.9 Å². The van der Waals surface area contributed by atoms with E-state index in [2.05, 4.69) is 10.3 Å². The van der Waals surface area contributed by atoms with Gasteiger partial charge in [-0.3, -0.25) is 9.98 Å². The Morgan fingerprint density at radius 2 is 1.76 bits per heavy atom. The molecule has 0 saturated carbocycles. The van der Waals surface area contributed by atoms with E-state index in [9.17, 15) is 8.78 Å². The molecule has 4 rings (SSSR count). The van der Waals surface area contributed by atoms with E-state index in [1.165, 1.54) is 12.1 Å². The minimum absolute atomic E-state index is 0.0148. The summed E-state index contributed by atoms with van der Waals surface area (Å²) >= 11 is 0. The number of hydrogen-bond acceptors (Lipinski definition) is 3. The molecule has 0 amide bonds. The minimum atomic E-state index is -0.359. The number of nitrogens with zero attached hydrogens (tertiary/aromatic N) is 2. The molecule has 0 aliphatic carbocycles. The number of fused-ring (bicyclic) bond motifs is 2. The number of anilines is 1. The van der Waals surface area contributed by atoms with E-state index in [0.717, 1.165) is 5.56 Å². The lowest BCUT2D eigenvalue weighted by atomic mass is 10.0. The first-order valence-corrected chi connectivity index (χ1v) is 8.22. The fraction of sp³-hybridized carbons (Fsp3) is 0.200. The van der Waals surface area contributed by atoms with Crippen molar-refractivity contribution < 1.29 is 8.78 Å². The normalized spacial score (nSPS) is 19.8. The Labute approximate surface area is 144 Å². The van der Waals surface area contributed by atoms with Gasteiger partial charge in [0.1, 0.15) is 17.2 Å². The number of halogens is 2. The average Bonchev–Trinajstić information content (AvgIpc) is 2.73. The van der Waals surface area contributed by atoms with Crippen LogP contribution >= 0.6 is 0 Å². The van der Waals surface area contributed by atoms with Crippen molar-refractivity contribution in [3.63, 3.8) is 0 Å². The molecule has 2 aromatic carbocycles. The zero-order valence-corrected chi connectivity index (χ0v) is 13.9. The molecule has 1 aromatic heterocycles. The van der Waals surface area contributed by atoms with Crippen LogP contribution < -0.4 is 5.32 Å². The maximum absolute atomic E-state index is 14.4. The predicted molar refractivity (Wildman–Crippen MR) is 96.3 cm³/mol. The molecule has 0 fully saturated rings. The van der Waals surface area contributed by atoms with Gasteiger partial charge in [0.2, 0.25) is 0 Å². The molecular weight excluding hydrogens is 320 g/mol. The quantitative estimate of drug-likeness (QED) is 0.707.